The molecule has 1 fully saturated rings. The summed E-state index contributed by atoms with van der Waals surface area (Å²) in [6.45, 7) is 4.58. The fourth-order valence-electron chi connectivity index (χ4n) is 2.66. The summed E-state index contributed by atoms with van der Waals surface area (Å²) in [4.78, 5) is 8.38. The first kappa shape index (κ1) is 11.7. The van der Waals surface area contributed by atoms with Crippen molar-refractivity contribution in [3.8, 4) is 0 Å². The fourth-order valence-corrected chi connectivity index (χ4v) is 2.83. The van der Waals surface area contributed by atoms with Gasteiger partial charge in [-0.15, -0.1) is 0 Å². The Morgan fingerprint density at radius 2 is 2.17 bits per heavy atom. The molecule has 0 aromatic carbocycles. The third kappa shape index (κ3) is 1.92. The van der Waals surface area contributed by atoms with Gasteiger partial charge in [0.15, 0.2) is 5.65 Å². The molecule has 18 heavy (non-hydrogen) atoms. The van der Waals surface area contributed by atoms with Gasteiger partial charge in [-0.1, -0.05) is 13.8 Å². The fraction of sp³-hybridized carbons (Fsp3) is 0.583. The molecule has 3 rings (SSSR count). The molecule has 1 aliphatic carbocycles. The molecule has 1 aliphatic rings. The van der Waals surface area contributed by atoms with Gasteiger partial charge in [0.2, 0.25) is 5.28 Å². The van der Waals surface area contributed by atoms with Crippen molar-refractivity contribution in [2.45, 2.75) is 32.7 Å². The van der Waals surface area contributed by atoms with Crippen LogP contribution in [0.3, 0.4) is 0 Å². The van der Waals surface area contributed by atoms with Crippen LogP contribution in [0.5, 0.6) is 0 Å². The molecule has 0 amide bonds. The smallest absolute Gasteiger partial charge is 0.226 e. The van der Waals surface area contributed by atoms with Crippen LogP contribution < -0.4 is 5.32 Å². The largest absolute Gasteiger partial charge is 0.366 e. The van der Waals surface area contributed by atoms with E-state index in [4.69, 9.17) is 11.6 Å². The molecule has 5 nitrogen and oxygen atoms in total. The number of aromatic amines is 1. The normalized spacial score (nSPS) is 27.8. The third-order valence-corrected chi connectivity index (χ3v) is 4.24. The minimum Gasteiger partial charge on any atom is -0.366 e. The van der Waals surface area contributed by atoms with E-state index in [9.17, 15) is 0 Å². The standard InChI is InChI=1S/C12H16ClN5/c1-6-3-4-9(7(6)2)15-10-8-5-14-18-11(8)17-12(13)16-10/h5-7,9H,3-4H2,1-2H3,(H2,14,15,16,17,18). The maximum atomic E-state index is 5.92. The molecule has 0 bridgehead atoms. The minimum absolute atomic E-state index is 0.243. The van der Waals surface area contributed by atoms with Crippen LogP contribution in [0.4, 0.5) is 5.82 Å². The molecule has 0 saturated heterocycles. The van der Waals surface area contributed by atoms with Crippen LogP contribution in [0, 0.1) is 11.8 Å². The van der Waals surface area contributed by atoms with E-state index in [1.807, 2.05) is 0 Å². The van der Waals surface area contributed by atoms with Crippen molar-refractivity contribution in [1.29, 1.82) is 0 Å². The summed E-state index contributed by atoms with van der Waals surface area (Å²) < 4.78 is 0. The van der Waals surface area contributed by atoms with E-state index in [1.165, 1.54) is 12.8 Å². The van der Waals surface area contributed by atoms with Gasteiger partial charge in [-0.05, 0) is 36.3 Å². The molecule has 0 radical (unpaired) electrons. The first-order chi connectivity index (χ1) is 8.65. The SMILES string of the molecule is CC1CCC(Nc2nc(Cl)nc3[nH]ncc23)C1C. The van der Waals surface area contributed by atoms with E-state index in [1.54, 1.807) is 6.20 Å². The zero-order valence-electron chi connectivity index (χ0n) is 10.4. The van der Waals surface area contributed by atoms with E-state index in [-0.39, 0.29) is 5.28 Å². The lowest BCUT2D eigenvalue weighted by molar-refractivity contribution is 0.435. The number of nitrogens with one attached hydrogen (secondary N) is 2. The van der Waals surface area contributed by atoms with Gasteiger partial charge >= 0.3 is 0 Å². The summed E-state index contributed by atoms with van der Waals surface area (Å²) in [6, 6.07) is 0.448. The number of rotatable bonds is 2. The minimum atomic E-state index is 0.243. The van der Waals surface area contributed by atoms with Crippen molar-refractivity contribution in [3.05, 3.63) is 11.5 Å². The average Bonchev–Trinajstić information content (AvgIpc) is 2.90. The summed E-state index contributed by atoms with van der Waals surface area (Å²) in [7, 11) is 0. The van der Waals surface area contributed by atoms with Crippen LogP contribution in [-0.2, 0) is 0 Å². The quantitative estimate of drug-likeness (QED) is 0.820. The van der Waals surface area contributed by atoms with Crippen LogP contribution in [0.25, 0.3) is 11.0 Å². The van der Waals surface area contributed by atoms with Gasteiger partial charge in [-0.25, -0.2) is 0 Å². The monoisotopic (exact) mass is 265 g/mol. The van der Waals surface area contributed by atoms with Crippen LogP contribution in [0.2, 0.25) is 5.28 Å². The number of hydrogen-bond acceptors (Lipinski definition) is 4. The predicted octanol–water partition coefficient (Wildman–Crippen LogP) is 2.85. The Hall–Kier alpha value is -1.36. The number of anilines is 1. The predicted molar refractivity (Wildman–Crippen MR) is 71.7 cm³/mol. The van der Waals surface area contributed by atoms with E-state index in [2.05, 4.69) is 39.3 Å². The van der Waals surface area contributed by atoms with E-state index >= 15 is 0 Å². The second kappa shape index (κ2) is 4.39. The van der Waals surface area contributed by atoms with Crippen molar-refractivity contribution in [2.75, 3.05) is 5.32 Å². The summed E-state index contributed by atoms with van der Waals surface area (Å²) in [5, 5.41) is 11.4. The molecule has 2 aromatic heterocycles. The van der Waals surface area contributed by atoms with Gasteiger partial charge in [-0.2, -0.15) is 15.1 Å². The molecular formula is C12H16ClN5. The molecular weight excluding hydrogens is 250 g/mol. The second-order valence-corrected chi connectivity index (χ2v) is 5.48. The molecule has 3 unspecified atom stereocenters. The topological polar surface area (TPSA) is 66.5 Å². The van der Waals surface area contributed by atoms with Crippen molar-refractivity contribution < 1.29 is 0 Å². The molecule has 6 heteroatoms. The molecule has 1 saturated carbocycles. The molecule has 0 aliphatic heterocycles. The molecule has 2 N–H and O–H groups in total. The highest BCUT2D eigenvalue weighted by atomic mass is 35.5. The van der Waals surface area contributed by atoms with Crippen LogP contribution in [-0.4, -0.2) is 26.2 Å². The Bertz CT molecular complexity index is 567. The lowest BCUT2D eigenvalue weighted by Gasteiger charge is -2.20. The van der Waals surface area contributed by atoms with Gasteiger partial charge in [0.1, 0.15) is 5.82 Å². The Balaban J connectivity index is 1.92. The van der Waals surface area contributed by atoms with Crippen molar-refractivity contribution in [1.82, 2.24) is 20.2 Å². The number of hydrogen-bond donors (Lipinski definition) is 2. The second-order valence-electron chi connectivity index (χ2n) is 5.14. The number of aromatic nitrogens is 4. The zero-order valence-corrected chi connectivity index (χ0v) is 11.2. The maximum Gasteiger partial charge on any atom is 0.226 e. The number of nitrogens with zero attached hydrogens (tertiary/aromatic N) is 3. The number of H-pyrrole nitrogens is 1. The third-order valence-electron chi connectivity index (χ3n) is 4.07. The van der Waals surface area contributed by atoms with Crippen LogP contribution >= 0.6 is 11.6 Å². The molecule has 2 aromatic rings. The van der Waals surface area contributed by atoms with Gasteiger partial charge in [0.05, 0.1) is 11.6 Å². The van der Waals surface area contributed by atoms with Gasteiger partial charge in [0, 0.05) is 6.04 Å². The average molecular weight is 266 g/mol. The Morgan fingerprint density at radius 1 is 1.33 bits per heavy atom. The summed E-state index contributed by atoms with van der Waals surface area (Å²) in [6.07, 6.45) is 4.16. The highest BCUT2D eigenvalue weighted by molar-refractivity contribution is 6.28. The van der Waals surface area contributed by atoms with E-state index in [0.717, 1.165) is 17.1 Å². The highest BCUT2D eigenvalue weighted by Gasteiger charge is 2.30. The molecule has 0 spiro atoms. The summed E-state index contributed by atoms with van der Waals surface area (Å²) in [5.74, 6) is 2.17. The molecule has 2 heterocycles. The summed E-state index contributed by atoms with van der Waals surface area (Å²) in [5.41, 5.74) is 0.677. The first-order valence-electron chi connectivity index (χ1n) is 6.28. The van der Waals surface area contributed by atoms with Crippen molar-refractivity contribution >= 4 is 28.5 Å². The Labute approximate surface area is 110 Å². The van der Waals surface area contributed by atoms with Gasteiger partial charge in [0.25, 0.3) is 0 Å². The summed E-state index contributed by atoms with van der Waals surface area (Å²) >= 11 is 5.92. The number of fused-ring (bicyclic) bond motifs is 1. The molecule has 3 atom stereocenters. The van der Waals surface area contributed by atoms with E-state index in [0.29, 0.717) is 17.6 Å². The molecule has 96 valence electrons. The van der Waals surface area contributed by atoms with Crippen LogP contribution in [0.15, 0.2) is 6.20 Å². The van der Waals surface area contributed by atoms with Crippen LogP contribution in [0.1, 0.15) is 26.7 Å². The Kier molecular flexibility index (Phi) is 2.86. The lowest BCUT2D eigenvalue weighted by atomic mass is 9.98. The maximum absolute atomic E-state index is 5.92. The lowest BCUT2D eigenvalue weighted by Crippen LogP contribution is -2.24. The first-order valence-corrected chi connectivity index (χ1v) is 6.66. The number of halogens is 1. The van der Waals surface area contributed by atoms with Gasteiger partial charge < -0.3 is 5.32 Å². The highest BCUT2D eigenvalue weighted by Crippen LogP contribution is 2.34. The zero-order chi connectivity index (χ0) is 12.7. The Morgan fingerprint density at radius 3 is 2.89 bits per heavy atom. The van der Waals surface area contributed by atoms with Crippen molar-refractivity contribution in [3.63, 3.8) is 0 Å². The van der Waals surface area contributed by atoms with Crippen molar-refractivity contribution in [2.24, 2.45) is 11.8 Å². The van der Waals surface area contributed by atoms with E-state index < -0.39 is 0 Å². The van der Waals surface area contributed by atoms with Gasteiger partial charge in [-0.3, -0.25) is 5.10 Å².